The standard InChI is InChI=1S/C16H17Br2NO2/c1-16(2,3)21-14(20)8-7-12-15(18)11-6-5-10(17)9-13(11)19(12)4/h5-9H,1-4H3/b8-7+. The molecule has 3 nitrogen and oxygen atoms in total. The highest BCUT2D eigenvalue weighted by Crippen LogP contribution is 2.32. The summed E-state index contributed by atoms with van der Waals surface area (Å²) < 4.78 is 9.29. The van der Waals surface area contributed by atoms with Gasteiger partial charge in [0.1, 0.15) is 5.60 Å². The Kier molecular flexibility index (Phi) is 4.63. The van der Waals surface area contributed by atoms with E-state index in [1.54, 1.807) is 6.08 Å². The van der Waals surface area contributed by atoms with Crippen molar-refractivity contribution in [2.24, 2.45) is 7.05 Å². The maximum absolute atomic E-state index is 11.8. The van der Waals surface area contributed by atoms with Gasteiger partial charge >= 0.3 is 5.97 Å². The molecule has 1 aromatic heterocycles. The van der Waals surface area contributed by atoms with Crippen LogP contribution in [-0.4, -0.2) is 16.1 Å². The predicted octanol–water partition coefficient (Wildman–Crippen LogP) is 5.06. The molecular formula is C16H17Br2NO2. The second kappa shape index (κ2) is 5.97. The first kappa shape index (κ1) is 16.3. The molecule has 0 unspecified atom stereocenters. The number of hydrogen-bond acceptors (Lipinski definition) is 2. The molecule has 21 heavy (non-hydrogen) atoms. The number of halogens is 2. The van der Waals surface area contributed by atoms with Crippen LogP contribution < -0.4 is 0 Å². The molecule has 0 amide bonds. The van der Waals surface area contributed by atoms with E-state index >= 15 is 0 Å². The number of nitrogens with zero attached hydrogens (tertiary/aromatic N) is 1. The van der Waals surface area contributed by atoms with Crippen molar-refractivity contribution in [2.75, 3.05) is 0 Å². The zero-order valence-electron chi connectivity index (χ0n) is 12.4. The van der Waals surface area contributed by atoms with Crippen molar-refractivity contribution in [3.8, 4) is 0 Å². The molecule has 112 valence electrons. The van der Waals surface area contributed by atoms with E-state index in [1.807, 2.05) is 50.6 Å². The molecule has 5 heteroatoms. The fourth-order valence-electron chi connectivity index (χ4n) is 2.05. The summed E-state index contributed by atoms with van der Waals surface area (Å²) in [4.78, 5) is 11.8. The van der Waals surface area contributed by atoms with Crippen LogP contribution >= 0.6 is 31.9 Å². The lowest BCUT2D eigenvalue weighted by Gasteiger charge is -2.17. The third kappa shape index (κ3) is 3.77. The number of aromatic nitrogens is 1. The molecule has 0 N–H and O–H groups in total. The Labute approximate surface area is 141 Å². The van der Waals surface area contributed by atoms with Gasteiger partial charge in [-0.25, -0.2) is 4.79 Å². The number of carbonyl (C=O) groups is 1. The highest BCUT2D eigenvalue weighted by atomic mass is 79.9. The van der Waals surface area contributed by atoms with Crippen molar-refractivity contribution in [1.29, 1.82) is 0 Å². The molecule has 0 saturated heterocycles. The molecule has 0 atom stereocenters. The second-order valence-corrected chi connectivity index (χ2v) is 7.50. The molecule has 0 aliphatic heterocycles. The number of fused-ring (bicyclic) bond motifs is 1. The van der Waals surface area contributed by atoms with Gasteiger partial charge < -0.3 is 9.30 Å². The molecule has 2 aromatic rings. The van der Waals surface area contributed by atoms with Crippen molar-refractivity contribution >= 4 is 54.8 Å². The number of ether oxygens (including phenoxy) is 1. The smallest absolute Gasteiger partial charge is 0.331 e. The van der Waals surface area contributed by atoms with Crippen LogP contribution in [0.4, 0.5) is 0 Å². The normalized spacial score (nSPS) is 12.3. The van der Waals surface area contributed by atoms with E-state index in [4.69, 9.17) is 4.74 Å². The molecule has 0 radical (unpaired) electrons. The van der Waals surface area contributed by atoms with Crippen molar-refractivity contribution in [3.63, 3.8) is 0 Å². The van der Waals surface area contributed by atoms with Gasteiger partial charge in [0.15, 0.2) is 0 Å². The molecule has 0 aliphatic rings. The maximum Gasteiger partial charge on any atom is 0.331 e. The summed E-state index contributed by atoms with van der Waals surface area (Å²) >= 11 is 7.07. The number of aryl methyl sites for hydroxylation is 1. The minimum Gasteiger partial charge on any atom is -0.457 e. The first-order valence-electron chi connectivity index (χ1n) is 6.53. The Balaban J connectivity index is 2.37. The van der Waals surface area contributed by atoms with Gasteiger partial charge in [-0.3, -0.25) is 0 Å². The minimum absolute atomic E-state index is 0.346. The Bertz CT molecular complexity index is 724. The van der Waals surface area contributed by atoms with Crippen LogP contribution in [0.3, 0.4) is 0 Å². The quantitative estimate of drug-likeness (QED) is 0.508. The van der Waals surface area contributed by atoms with Gasteiger partial charge in [0, 0.05) is 23.0 Å². The minimum atomic E-state index is -0.484. The molecule has 0 spiro atoms. The first-order chi connectivity index (χ1) is 9.69. The van der Waals surface area contributed by atoms with E-state index in [0.29, 0.717) is 0 Å². The first-order valence-corrected chi connectivity index (χ1v) is 8.12. The van der Waals surface area contributed by atoms with Crippen molar-refractivity contribution in [1.82, 2.24) is 4.57 Å². The summed E-state index contributed by atoms with van der Waals surface area (Å²) in [6.07, 6.45) is 3.23. The van der Waals surface area contributed by atoms with Gasteiger partial charge in [-0.15, -0.1) is 0 Å². The van der Waals surface area contributed by atoms with Gasteiger partial charge in [0.05, 0.1) is 15.7 Å². The lowest BCUT2D eigenvalue weighted by molar-refractivity contribution is -0.148. The monoisotopic (exact) mass is 413 g/mol. The molecular weight excluding hydrogens is 398 g/mol. The number of hydrogen-bond donors (Lipinski definition) is 0. The van der Waals surface area contributed by atoms with Crippen molar-refractivity contribution in [3.05, 3.63) is 38.9 Å². The zero-order chi connectivity index (χ0) is 15.8. The summed E-state index contributed by atoms with van der Waals surface area (Å²) in [6, 6.07) is 6.08. The number of carbonyl (C=O) groups excluding carboxylic acids is 1. The van der Waals surface area contributed by atoms with E-state index in [0.717, 1.165) is 25.5 Å². The predicted molar refractivity (Wildman–Crippen MR) is 93.2 cm³/mol. The summed E-state index contributed by atoms with van der Waals surface area (Å²) in [7, 11) is 1.97. The van der Waals surface area contributed by atoms with Gasteiger partial charge in [0.25, 0.3) is 0 Å². The van der Waals surface area contributed by atoms with Crippen LogP contribution in [0.15, 0.2) is 33.2 Å². The highest BCUT2D eigenvalue weighted by molar-refractivity contribution is 9.11. The van der Waals surface area contributed by atoms with E-state index in [9.17, 15) is 4.79 Å². The maximum atomic E-state index is 11.8. The fraction of sp³-hybridized carbons (Fsp3) is 0.312. The Morgan fingerprint density at radius 2 is 1.95 bits per heavy atom. The molecule has 0 aliphatic carbocycles. The summed E-state index contributed by atoms with van der Waals surface area (Å²) in [5, 5.41) is 1.10. The molecule has 2 rings (SSSR count). The van der Waals surface area contributed by atoms with E-state index in [1.165, 1.54) is 6.08 Å². The van der Waals surface area contributed by atoms with Crippen LogP contribution in [0.5, 0.6) is 0 Å². The van der Waals surface area contributed by atoms with Crippen LogP contribution in [0, 0.1) is 0 Å². The number of esters is 1. The third-order valence-electron chi connectivity index (χ3n) is 2.93. The summed E-state index contributed by atoms with van der Waals surface area (Å²) in [6.45, 7) is 5.55. The summed E-state index contributed by atoms with van der Waals surface area (Å²) in [5.74, 6) is -0.346. The number of rotatable bonds is 2. The largest absolute Gasteiger partial charge is 0.457 e. The summed E-state index contributed by atoms with van der Waals surface area (Å²) in [5.41, 5.74) is 1.52. The molecule has 0 fully saturated rings. The van der Waals surface area contributed by atoms with Gasteiger partial charge in [-0.05, 0) is 54.9 Å². The van der Waals surface area contributed by atoms with Crippen LogP contribution in [0.2, 0.25) is 0 Å². The lowest BCUT2D eigenvalue weighted by atomic mass is 10.2. The van der Waals surface area contributed by atoms with Crippen LogP contribution in [0.1, 0.15) is 26.5 Å². The molecule has 1 aromatic carbocycles. The Morgan fingerprint density at radius 1 is 1.29 bits per heavy atom. The fourth-order valence-corrected chi connectivity index (χ4v) is 3.13. The molecule has 0 saturated carbocycles. The average Bonchev–Trinajstić information content (AvgIpc) is 2.57. The van der Waals surface area contributed by atoms with Gasteiger partial charge in [0.2, 0.25) is 0 Å². The third-order valence-corrected chi connectivity index (χ3v) is 4.25. The topological polar surface area (TPSA) is 31.2 Å². The van der Waals surface area contributed by atoms with Crippen molar-refractivity contribution < 1.29 is 9.53 Å². The number of benzene rings is 1. The zero-order valence-corrected chi connectivity index (χ0v) is 15.6. The highest BCUT2D eigenvalue weighted by Gasteiger charge is 2.15. The van der Waals surface area contributed by atoms with E-state index < -0.39 is 5.60 Å². The lowest BCUT2D eigenvalue weighted by Crippen LogP contribution is -2.22. The van der Waals surface area contributed by atoms with E-state index in [-0.39, 0.29) is 5.97 Å². The van der Waals surface area contributed by atoms with Crippen LogP contribution in [0.25, 0.3) is 17.0 Å². The van der Waals surface area contributed by atoms with E-state index in [2.05, 4.69) is 31.9 Å². The van der Waals surface area contributed by atoms with Gasteiger partial charge in [-0.2, -0.15) is 0 Å². The second-order valence-electron chi connectivity index (χ2n) is 5.79. The SMILES string of the molecule is Cn1c(/C=C/C(=O)OC(C)(C)C)c(Br)c2ccc(Br)cc21. The van der Waals surface area contributed by atoms with Crippen LogP contribution in [-0.2, 0) is 16.6 Å². The van der Waals surface area contributed by atoms with Gasteiger partial charge in [-0.1, -0.05) is 22.0 Å². The van der Waals surface area contributed by atoms with Crippen molar-refractivity contribution in [2.45, 2.75) is 26.4 Å². The average molecular weight is 415 g/mol. The molecule has 1 heterocycles. The Hall–Kier alpha value is -1.07. The molecule has 0 bridgehead atoms. The Morgan fingerprint density at radius 3 is 2.57 bits per heavy atom.